The maximum Gasteiger partial charge on any atom is 0.410 e. The summed E-state index contributed by atoms with van der Waals surface area (Å²) in [5.74, 6) is 0.589. The van der Waals surface area contributed by atoms with Crippen LogP contribution >= 0.6 is 11.6 Å². The largest absolute Gasteiger partial charge is 0.447 e. The molecular weight excluding hydrogens is 418 g/mol. The van der Waals surface area contributed by atoms with E-state index >= 15 is 0 Å². The summed E-state index contributed by atoms with van der Waals surface area (Å²) in [5, 5.41) is 8.98. The zero-order chi connectivity index (χ0) is 22.0. The lowest BCUT2D eigenvalue weighted by Gasteiger charge is -2.32. The predicted octanol–water partition coefficient (Wildman–Crippen LogP) is 4.96. The van der Waals surface area contributed by atoms with Crippen molar-refractivity contribution in [1.29, 1.82) is 0 Å². The molecule has 0 aliphatic carbocycles. The van der Waals surface area contributed by atoms with Gasteiger partial charge >= 0.3 is 6.09 Å². The number of hydrogen-bond donors (Lipinski definition) is 1. The van der Waals surface area contributed by atoms with Crippen LogP contribution in [0.2, 0.25) is 5.02 Å². The van der Waals surface area contributed by atoms with E-state index in [-0.39, 0.29) is 18.2 Å². The molecule has 0 bridgehead atoms. The molecule has 3 heterocycles. The Labute approximate surface area is 184 Å². The number of fused-ring (bicyclic) bond motifs is 1. The molecule has 1 aliphatic heterocycles. The van der Waals surface area contributed by atoms with Crippen LogP contribution in [0, 0.1) is 6.57 Å². The summed E-state index contributed by atoms with van der Waals surface area (Å²) in [5.41, 5.74) is 1.84. The highest BCUT2D eigenvalue weighted by atomic mass is 35.5. The van der Waals surface area contributed by atoms with E-state index < -0.39 is 0 Å². The van der Waals surface area contributed by atoms with Gasteiger partial charge < -0.3 is 15.0 Å². The van der Waals surface area contributed by atoms with E-state index in [0.717, 1.165) is 23.9 Å². The molecule has 31 heavy (non-hydrogen) atoms. The number of likely N-dealkylation sites (tertiary alicyclic amines) is 1. The van der Waals surface area contributed by atoms with Crippen molar-refractivity contribution in [2.45, 2.75) is 38.8 Å². The SMILES string of the molecule is [C-]#[N+]c1ccc(Nc2ncnc3c2cnn3C2CCN(C(=O)OC(C)C)CC2)c(Cl)c1. The van der Waals surface area contributed by atoms with Gasteiger partial charge in [-0.2, -0.15) is 5.10 Å². The topological polar surface area (TPSA) is 89.5 Å². The van der Waals surface area contributed by atoms with Crippen molar-refractivity contribution in [2.75, 3.05) is 18.4 Å². The average molecular weight is 440 g/mol. The third-order valence-electron chi connectivity index (χ3n) is 5.13. The molecule has 0 unspecified atom stereocenters. The number of rotatable bonds is 4. The smallest absolute Gasteiger partial charge is 0.410 e. The first-order valence-electron chi connectivity index (χ1n) is 10.0. The summed E-state index contributed by atoms with van der Waals surface area (Å²) in [7, 11) is 0. The molecule has 2 aromatic heterocycles. The van der Waals surface area contributed by atoms with Crippen molar-refractivity contribution >= 4 is 45.9 Å². The first-order valence-corrected chi connectivity index (χ1v) is 10.4. The summed E-state index contributed by atoms with van der Waals surface area (Å²) in [6.45, 7) is 12.0. The van der Waals surface area contributed by atoms with Gasteiger partial charge in [-0.3, -0.25) is 0 Å². The predicted molar refractivity (Wildman–Crippen MR) is 118 cm³/mol. The summed E-state index contributed by atoms with van der Waals surface area (Å²) < 4.78 is 7.19. The second-order valence-corrected chi connectivity index (χ2v) is 8.01. The number of benzene rings is 1. The molecule has 0 atom stereocenters. The van der Waals surface area contributed by atoms with Crippen molar-refractivity contribution in [3.8, 4) is 0 Å². The van der Waals surface area contributed by atoms with E-state index in [4.69, 9.17) is 22.9 Å². The molecule has 1 aromatic carbocycles. The Balaban J connectivity index is 1.52. The minimum absolute atomic E-state index is 0.130. The Hall–Kier alpha value is -3.38. The van der Waals surface area contributed by atoms with Crippen molar-refractivity contribution in [3.63, 3.8) is 0 Å². The number of anilines is 2. The van der Waals surface area contributed by atoms with Crippen LogP contribution in [0.4, 0.5) is 22.0 Å². The summed E-state index contributed by atoms with van der Waals surface area (Å²) in [6.07, 6.45) is 4.35. The number of amides is 1. The lowest BCUT2D eigenvalue weighted by Crippen LogP contribution is -2.40. The lowest BCUT2D eigenvalue weighted by atomic mass is 10.1. The maximum absolute atomic E-state index is 12.1. The Bertz CT molecular complexity index is 1150. The first kappa shape index (κ1) is 20.9. The monoisotopic (exact) mass is 439 g/mol. The lowest BCUT2D eigenvalue weighted by molar-refractivity contribution is 0.0656. The van der Waals surface area contributed by atoms with E-state index in [1.807, 2.05) is 18.5 Å². The van der Waals surface area contributed by atoms with Gasteiger partial charge in [0.1, 0.15) is 12.1 Å². The van der Waals surface area contributed by atoms with Gasteiger partial charge in [0.05, 0.1) is 41.0 Å². The summed E-state index contributed by atoms with van der Waals surface area (Å²) in [6, 6.07) is 5.18. The second kappa shape index (κ2) is 8.78. The second-order valence-electron chi connectivity index (χ2n) is 7.60. The van der Waals surface area contributed by atoms with Crippen LogP contribution in [-0.2, 0) is 4.74 Å². The fraction of sp³-hybridized carbons (Fsp3) is 0.381. The molecule has 4 rings (SSSR count). The number of ether oxygens (including phenoxy) is 1. The highest BCUT2D eigenvalue weighted by Crippen LogP contribution is 2.32. The van der Waals surface area contributed by atoms with Crippen LogP contribution < -0.4 is 5.32 Å². The zero-order valence-corrected chi connectivity index (χ0v) is 18.0. The van der Waals surface area contributed by atoms with Gasteiger partial charge in [-0.15, -0.1) is 0 Å². The van der Waals surface area contributed by atoms with Gasteiger partial charge in [0, 0.05) is 13.1 Å². The van der Waals surface area contributed by atoms with Crippen LogP contribution in [0.3, 0.4) is 0 Å². The Kier molecular flexibility index (Phi) is 5.91. The molecule has 0 radical (unpaired) electrons. The van der Waals surface area contributed by atoms with Crippen molar-refractivity contribution in [1.82, 2.24) is 24.6 Å². The number of nitrogens with one attached hydrogen (secondary N) is 1. The molecule has 9 nitrogen and oxygen atoms in total. The van der Waals surface area contributed by atoms with Crippen molar-refractivity contribution in [2.24, 2.45) is 0 Å². The Morgan fingerprint density at radius 2 is 2.10 bits per heavy atom. The van der Waals surface area contributed by atoms with E-state index in [1.54, 1.807) is 29.3 Å². The number of halogens is 1. The first-order chi connectivity index (χ1) is 15.0. The summed E-state index contributed by atoms with van der Waals surface area (Å²) >= 11 is 6.29. The van der Waals surface area contributed by atoms with Gasteiger partial charge in [0.2, 0.25) is 0 Å². The highest BCUT2D eigenvalue weighted by molar-refractivity contribution is 6.33. The van der Waals surface area contributed by atoms with E-state index in [2.05, 4.69) is 25.2 Å². The number of aromatic nitrogens is 4. The molecule has 1 N–H and O–H groups in total. The van der Waals surface area contributed by atoms with Gasteiger partial charge in [-0.05, 0) is 38.8 Å². The molecule has 10 heteroatoms. The zero-order valence-electron chi connectivity index (χ0n) is 17.2. The van der Waals surface area contributed by atoms with E-state index in [0.29, 0.717) is 35.3 Å². The molecular formula is C21H22ClN7O2. The van der Waals surface area contributed by atoms with Crippen molar-refractivity contribution in [3.05, 3.63) is 47.2 Å². The number of hydrogen-bond acceptors (Lipinski definition) is 6. The summed E-state index contributed by atoms with van der Waals surface area (Å²) in [4.78, 5) is 26.0. The number of carbonyl (C=O) groups is 1. The quantitative estimate of drug-likeness (QED) is 0.578. The average Bonchev–Trinajstić information content (AvgIpc) is 3.20. The van der Waals surface area contributed by atoms with E-state index in [1.165, 1.54) is 6.33 Å². The Morgan fingerprint density at radius 3 is 2.77 bits per heavy atom. The minimum atomic E-state index is -0.270. The van der Waals surface area contributed by atoms with Crippen LogP contribution in [0.25, 0.3) is 15.9 Å². The third-order valence-corrected chi connectivity index (χ3v) is 5.44. The molecule has 1 fully saturated rings. The minimum Gasteiger partial charge on any atom is -0.447 e. The number of carbonyl (C=O) groups excluding carboxylic acids is 1. The Morgan fingerprint density at radius 1 is 1.32 bits per heavy atom. The molecule has 160 valence electrons. The molecule has 1 amide bonds. The molecule has 3 aromatic rings. The van der Waals surface area contributed by atoms with Gasteiger partial charge in [-0.25, -0.2) is 24.3 Å². The van der Waals surface area contributed by atoms with Crippen LogP contribution in [0.5, 0.6) is 0 Å². The standard InChI is InChI=1S/C21H22ClN7O2/c1-13(2)31-21(30)28-8-6-15(7-9-28)29-20-16(11-26-29)19(24-12-25-20)27-18-5-4-14(23-3)10-17(18)22/h4-5,10-13,15H,6-9H2,1-2H3,(H,24,25,27). The van der Waals surface area contributed by atoms with Crippen molar-refractivity contribution < 1.29 is 9.53 Å². The molecule has 1 saturated heterocycles. The van der Waals surface area contributed by atoms with E-state index in [9.17, 15) is 4.79 Å². The van der Waals surface area contributed by atoms with Gasteiger partial charge in [-0.1, -0.05) is 17.7 Å². The number of piperidine rings is 1. The fourth-order valence-electron chi connectivity index (χ4n) is 3.60. The van der Waals surface area contributed by atoms with Crippen LogP contribution in [0.1, 0.15) is 32.7 Å². The van der Waals surface area contributed by atoms with Crippen LogP contribution in [-0.4, -0.2) is 49.9 Å². The van der Waals surface area contributed by atoms with Gasteiger partial charge in [0.25, 0.3) is 0 Å². The molecule has 0 spiro atoms. The normalized spacial score (nSPS) is 14.6. The van der Waals surface area contributed by atoms with Crippen LogP contribution in [0.15, 0.2) is 30.7 Å². The van der Waals surface area contributed by atoms with Gasteiger partial charge in [0.15, 0.2) is 11.3 Å². The fourth-order valence-corrected chi connectivity index (χ4v) is 3.82. The third kappa shape index (κ3) is 4.39. The molecule has 0 saturated carbocycles. The number of nitrogens with zero attached hydrogens (tertiary/aromatic N) is 6. The highest BCUT2D eigenvalue weighted by Gasteiger charge is 2.27. The maximum atomic E-state index is 12.1. The molecule has 1 aliphatic rings.